The van der Waals surface area contributed by atoms with Crippen LogP contribution in [-0.4, -0.2) is 28.2 Å². The lowest BCUT2D eigenvalue weighted by molar-refractivity contribution is 0.0690. The van der Waals surface area contributed by atoms with E-state index in [0.29, 0.717) is 11.6 Å². The first-order chi connectivity index (χ1) is 9.10. The van der Waals surface area contributed by atoms with E-state index in [4.69, 9.17) is 9.84 Å². The average molecular weight is 324 g/mol. The smallest absolute Gasteiger partial charge is 0.356 e. The Morgan fingerprint density at radius 3 is 2.84 bits per heavy atom. The zero-order chi connectivity index (χ0) is 13.8. The van der Waals surface area contributed by atoms with Crippen molar-refractivity contribution in [2.45, 2.75) is 0 Å². The largest absolute Gasteiger partial charge is 0.496 e. The first-order valence-electron chi connectivity index (χ1n) is 5.26. The van der Waals surface area contributed by atoms with Crippen molar-refractivity contribution in [3.8, 4) is 5.75 Å². The van der Waals surface area contributed by atoms with Gasteiger partial charge in [-0.05, 0) is 34.1 Å². The fraction of sp³-hybridized carbons (Fsp3) is 0.0833. The Balaban J connectivity index is 2.23. The van der Waals surface area contributed by atoms with Crippen LogP contribution in [0, 0.1) is 0 Å². The second-order valence-electron chi connectivity index (χ2n) is 3.57. The highest BCUT2D eigenvalue weighted by molar-refractivity contribution is 9.10. The maximum Gasteiger partial charge on any atom is 0.356 e. The van der Waals surface area contributed by atoms with Crippen LogP contribution < -0.4 is 10.1 Å². The van der Waals surface area contributed by atoms with Crippen LogP contribution >= 0.6 is 15.9 Å². The number of halogens is 1. The van der Waals surface area contributed by atoms with Gasteiger partial charge in [0, 0.05) is 5.69 Å². The number of hydrogen-bond donors (Lipinski definition) is 2. The highest BCUT2D eigenvalue weighted by atomic mass is 79.9. The molecule has 2 aromatic rings. The molecule has 0 saturated heterocycles. The molecule has 0 spiro atoms. The molecule has 0 bridgehead atoms. The van der Waals surface area contributed by atoms with Gasteiger partial charge in [-0.2, -0.15) is 0 Å². The van der Waals surface area contributed by atoms with Crippen molar-refractivity contribution in [2.75, 3.05) is 12.4 Å². The topological polar surface area (TPSA) is 84.3 Å². The predicted octanol–water partition coefficient (Wildman–Crippen LogP) is 2.69. The molecular formula is C12H10BrN3O3. The number of ether oxygens (including phenoxy) is 1. The van der Waals surface area contributed by atoms with E-state index < -0.39 is 5.97 Å². The van der Waals surface area contributed by atoms with Gasteiger partial charge in [0.15, 0.2) is 5.69 Å². The number of benzene rings is 1. The first-order valence-corrected chi connectivity index (χ1v) is 6.05. The number of carboxylic acids is 1. The lowest BCUT2D eigenvalue weighted by atomic mass is 10.3. The number of anilines is 2. The first kappa shape index (κ1) is 13.3. The number of carboxylic acid groups (broad SMARTS) is 1. The van der Waals surface area contributed by atoms with E-state index in [1.807, 2.05) is 0 Å². The molecule has 0 radical (unpaired) electrons. The number of nitrogens with one attached hydrogen (secondary N) is 1. The Kier molecular flexibility index (Phi) is 3.96. The summed E-state index contributed by atoms with van der Waals surface area (Å²) in [7, 11) is 1.58. The van der Waals surface area contributed by atoms with Gasteiger partial charge in [-0.3, -0.25) is 4.98 Å². The summed E-state index contributed by atoms with van der Waals surface area (Å²) in [5, 5.41) is 11.8. The third kappa shape index (κ3) is 3.19. The maximum atomic E-state index is 10.8. The Bertz CT molecular complexity index is 619. The minimum atomic E-state index is -1.12. The number of rotatable bonds is 4. The van der Waals surface area contributed by atoms with E-state index in [1.165, 1.54) is 12.4 Å². The third-order valence-corrected chi connectivity index (χ3v) is 2.90. The lowest BCUT2D eigenvalue weighted by Crippen LogP contribution is -2.04. The molecule has 1 heterocycles. The lowest BCUT2D eigenvalue weighted by Gasteiger charge is -2.08. The van der Waals surface area contributed by atoms with Crippen LogP contribution in [-0.2, 0) is 0 Å². The van der Waals surface area contributed by atoms with Crippen LogP contribution in [0.1, 0.15) is 10.5 Å². The van der Waals surface area contributed by atoms with Crippen LogP contribution in [0.5, 0.6) is 5.75 Å². The third-order valence-electron chi connectivity index (χ3n) is 2.28. The van der Waals surface area contributed by atoms with Crippen molar-refractivity contribution >= 4 is 33.4 Å². The summed E-state index contributed by atoms with van der Waals surface area (Å²) in [5.74, 6) is -0.0556. The summed E-state index contributed by atoms with van der Waals surface area (Å²) in [4.78, 5) is 18.5. The van der Waals surface area contributed by atoms with E-state index in [-0.39, 0.29) is 5.69 Å². The molecule has 0 amide bonds. The van der Waals surface area contributed by atoms with Gasteiger partial charge >= 0.3 is 5.97 Å². The van der Waals surface area contributed by atoms with Gasteiger partial charge in [0.25, 0.3) is 0 Å². The molecule has 6 nitrogen and oxygen atoms in total. The summed E-state index contributed by atoms with van der Waals surface area (Å²) in [6.45, 7) is 0. The Labute approximate surface area is 117 Å². The van der Waals surface area contributed by atoms with Crippen LogP contribution in [0.2, 0.25) is 0 Å². The summed E-state index contributed by atoms with van der Waals surface area (Å²) in [6, 6.07) is 5.37. The normalized spacial score (nSPS) is 10.0. The van der Waals surface area contributed by atoms with Gasteiger partial charge in [0.2, 0.25) is 0 Å². The number of methoxy groups -OCH3 is 1. The molecule has 0 aliphatic carbocycles. The fourth-order valence-electron chi connectivity index (χ4n) is 1.42. The zero-order valence-corrected chi connectivity index (χ0v) is 11.5. The number of carbonyl (C=O) groups is 1. The number of aromatic carboxylic acids is 1. The van der Waals surface area contributed by atoms with Crippen molar-refractivity contribution in [1.82, 2.24) is 9.97 Å². The Morgan fingerprint density at radius 2 is 2.21 bits per heavy atom. The van der Waals surface area contributed by atoms with Crippen molar-refractivity contribution in [1.29, 1.82) is 0 Å². The molecule has 19 heavy (non-hydrogen) atoms. The van der Waals surface area contributed by atoms with Crippen LogP contribution in [0.3, 0.4) is 0 Å². The predicted molar refractivity (Wildman–Crippen MR) is 73.0 cm³/mol. The van der Waals surface area contributed by atoms with Crippen LogP contribution in [0.25, 0.3) is 0 Å². The van der Waals surface area contributed by atoms with Crippen LogP contribution in [0.15, 0.2) is 35.1 Å². The van der Waals surface area contributed by atoms with E-state index in [0.717, 1.165) is 10.2 Å². The summed E-state index contributed by atoms with van der Waals surface area (Å²) >= 11 is 3.36. The second-order valence-corrected chi connectivity index (χ2v) is 4.42. The van der Waals surface area contributed by atoms with Gasteiger partial charge in [-0.15, -0.1) is 0 Å². The minimum absolute atomic E-state index is 0.113. The van der Waals surface area contributed by atoms with E-state index in [9.17, 15) is 4.79 Å². The highest BCUT2D eigenvalue weighted by Crippen LogP contribution is 2.28. The summed E-state index contributed by atoms with van der Waals surface area (Å²) in [5.41, 5.74) is 0.627. The summed E-state index contributed by atoms with van der Waals surface area (Å²) < 4.78 is 5.90. The molecule has 0 atom stereocenters. The Hall–Kier alpha value is -2.15. The van der Waals surface area contributed by atoms with Gasteiger partial charge in [-0.1, -0.05) is 0 Å². The molecule has 0 aliphatic rings. The molecule has 1 aromatic carbocycles. The Morgan fingerprint density at radius 1 is 1.42 bits per heavy atom. The van der Waals surface area contributed by atoms with Gasteiger partial charge in [0.1, 0.15) is 11.6 Å². The summed E-state index contributed by atoms with van der Waals surface area (Å²) in [6.07, 6.45) is 2.64. The number of nitrogens with zero attached hydrogens (tertiary/aromatic N) is 2. The van der Waals surface area contributed by atoms with Crippen molar-refractivity contribution < 1.29 is 14.6 Å². The van der Waals surface area contributed by atoms with E-state index in [2.05, 4.69) is 31.2 Å². The van der Waals surface area contributed by atoms with Gasteiger partial charge < -0.3 is 15.2 Å². The molecule has 0 saturated carbocycles. The molecule has 2 rings (SSSR count). The van der Waals surface area contributed by atoms with Crippen LogP contribution in [0.4, 0.5) is 11.5 Å². The number of aromatic nitrogens is 2. The van der Waals surface area contributed by atoms with Gasteiger partial charge in [-0.25, -0.2) is 9.78 Å². The molecular weight excluding hydrogens is 314 g/mol. The molecule has 2 N–H and O–H groups in total. The number of hydrogen-bond acceptors (Lipinski definition) is 5. The SMILES string of the molecule is COc1ccc(Nc2cncc(C(=O)O)n2)cc1Br. The standard InChI is InChI=1S/C12H10BrN3O3/c1-19-10-3-2-7(4-8(10)13)15-11-6-14-5-9(16-11)12(17)18/h2-6H,1H3,(H,15,16)(H,17,18). The molecule has 98 valence electrons. The maximum absolute atomic E-state index is 10.8. The zero-order valence-electron chi connectivity index (χ0n) is 9.92. The minimum Gasteiger partial charge on any atom is -0.496 e. The average Bonchev–Trinajstić information content (AvgIpc) is 2.39. The van der Waals surface area contributed by atoms with E-state index in [1.54, 1.807) is 25.3 Å². The van der Waals surface area contributed by atoms with Crippen molar-refractivity contribution in [3.63, 3.8) is 0 Å². The van der Waals surface area contributed by atoms with Crippen molar-refractivity contribution in [3.05, 3.63) is 40.8 Å². The molecule has 0 fully saturated rings. The molecule has 0 aliphatic heterocycles. The van der Waals surface area contributed by atoms with E-state index >= 15 is 0 Å². The highest BCUT2D eigenvalue weighted by Gasteiger charge is 2.07. The van der Waals surface area contributed by atoms with Gasteiger partial charge in [0.05, 0.1) is 24.0 Å². The fourth-order valence-corrected chi connectivity index (χ4v) is 1.96. The monoisotopic (exact) mass is 323 g/mol. The quantitative estimate of drug-likeness (QED) is 0.899. The molecule has 1 aromatic heterocycles. The molecule has 7 heteroatoms. The molecule has 0 unspecified atom stereocenters. The second kappa shape index (κ2) is 5.66. The van der Waals surface area contributed by atoms with Crippen molar-refractivity contribution in [2.24, 2.45) is 0 Å².